The van der Waals surface area contributed by atoms with Crippen LogP contribution in [0.25, 0.3) is 0 Å². The molecule has 1 amide bonds. The molecule has 1 aromatic carbocycles. The molecule has 3 aliphatic rings. The second-order valence-electron chi connectivity index (χ2n) is 7.43. The molecule has 2 N–H and O–H groups in total. The first kappa shape index (κ1) is 16.4. The van der Waals surface area contributed by atoms with E-state index < -0.39 is 0 Å². The Morgan fingerprint density at radius 3 is 2.79 bits per heavy atom. The van der Waals surface area contributed by atoms with E-state index in [0.717, 1.165) is 36.0 Å². The summed E-state index contributed by atoms with van der Waals surface area (Å²) in [5.41, 5.74) is 2.25. The maximum Gasteiger partial charge on any atom is 0.226 e. The van der Waals surface area contributed by atoms with E-state index in [2.05, 4.69) is 38.3 Å². The zero-order valence-electron chi connectivity index (χ0n) is 13.9. The number of amides is 1. The molecule has 5 heteroatoms. The van der Waals surface area contributed by atoms with Crippen LogP contribution in [0.5, 0.6) is 0 Å². The van der Waals surface area contributed by atoms with E-state index in [1.807, 2.05) is 6.07 Å². The van der Waals surface area contributed by atoms with Gasteiger partial charge in [0.15, 0.2) is 0 Å². The van der Waals surface area contributed by atoms with E-state index in [0.29, 0.717) is 11.8 Å². The Labute approximate surface area is 151 Å². The van der Waals surface area contributed by atoms with Crippen LogP contribution in [-0.4, -0.2) is 35.1 Å². The number of nitrogens with zero attached hydrogens (tertiary/aromatic N) is 1. The molecular formula is C19H25BrN2O2. The summed E-state index contributed by atoms with van der Waals surface area (Å²) in [4.78, 5) is 15.3. The van der Waals surface area contributed by atoms with Gasteiger partial charge in [0.2, 0.25) is 5.91 Å². The molecular weight excluding hydrogens is 368 g/mol. The van der Waals surface area contributed by atoms with Crippen LogP contribution < -0.4 is 5.32 Å². The number of fused-ring (bicyclic) bond motifs is 3. The normalized spacial score (nSPS) is 29.8. The maximum atomic E-state index is 13.2. The molecule has 0 aromatic heterocycles. The van der Waals surface area contributed by atoms with Crippen molar-refractivity contribution in [3.63, 3.8) is 0 Å². The number of halogens is 1. The van der Waals surface area contributed by atoms with E-state index in [1.54, 1.807) is 0 Å². The molecule has 1 saturated heterocycles. The number of benzene rings is 1. The highest BCUT2D eigenvalue weighted by atomic mass is 79.9. The minimum absolute atomic E-state index is 0.0350. The summed E-state index contributed by atoms with van der Waals surface area (Å²) in [7, 11) is 0. The van der Waals surface area contributed by atoms with Crippen molar-refractivity contribution in [1.82, 2.24) is 4.90 Å². The molecule has 1 saturated carbocycles. The average Bonchev–Trinajstić information content (AvgIpc) is 3.06. The van der Waals surface area contributed by atoms with Crippen LogP contribution in [0.4, 0.5) is 5.69 Å². The molecule has 1 aliphatic carbocycles. The van der Waals surface area contributed by atoms with Gasteiger partial charge in [-0.3, -0.25) is 4.79 Å². The van der Waals surface area contributed by atoms with E-state index in [-0.39, 0.29) is 24.6 Å². The molecule has 1 aromatic rings. The minimum atomic E-state index is 0.0350. The summed E-state index contributed by atoms with van der Waals surface area (Å²) in [6.07, 6.45) is 6.68. The van der Waals surface area contributed by atoms with Gasteiger partial charge in [0, 0.05) is 28.5 Å². The van der Waals surface area contributed by atoms with Crippen molar-refractivity contribution in [2.24, 2.45) is 11.8 Å². The summed E-state index contributed by atoms with van der Waals surface area (Å²) in [5, 5.41) is 13.3. The van der Waals surface area contributed by atoms with Crippen molar-refractivity contribution in [2.45, 2.75) is 50.6 Å². The number of anilines is 1. The van der Waals surface area contributed by atoms with Crippen molar-refractivity contribution in [2.75, 3.05) is 18.5 Å². The van der Waals surface area contributed by atoms with E-state index in [9.17, 15) is 9.90 Å². The van der Waals surface area contributed by atoms with Gasteiger partial charge in [-0.05, 0) is 43.0 Å². The van der Waals surface area contributed by atoms with Crippen LogP contribution in [0.2, 0.25) is 0 Å². The Bertz CT molecular complexity index is 630. The van der Waals surface area contributed by atoms with Gasteiger partial charge in [0.05, 0.1) is 18.7 Å². The molecule has 0 bridgehead atoms. The number of aliphatic hydroxyl groups is 1. The monoisotopic (exact) mass is 392 g/mol. The van der Waals surface area contributed by atoms with Crippen molar-refractivity contribution >= 4 is 27.5 Å². The number of hydrogen-bond acceptors (Lipinski definition) is 3. The van der Waals surface area contributed by atoms with Gasteiger partial charge < -0.3 is 15.3 Å². The lowest BCUT2D eigenvalue weighted by Crippen LogP contribution is -2.44. The summed E-state index contributed by atoms with van der Waals surface area (Å²) in [6, 6.07) is 6.35. The third-order valence-electron chi connectivity index (χ3n) is 6.07. The Morgan fingerprint density at radius 2 is 2.04 bits per heavy atom. The fourth-order valence-corrected chi connectivity index (χ4v) is 5.24. The van der Waals surface area contributed by atoms with Crippen LogP contribution in [0, 0.1) is 11.8 Å². The predicted molar refractivity (Wildman–Crippen MR) is 97.8 cm³/mol. The van der Waals surface area contributed by atoms with Gasteiger partial charge in [-0.15, -0.1) is 0 Å². The van der Waals surface area contributed by atoms with Gasteiger partial charge in [-0.2, -0.15) is 0 Å². The fourth-order valence-electron chi connectivity index (χ4n) is 4.86. The molecule has 0 spiro atoms. The van der Waals surface area contributed by atoms with Crippen molar-refractivity contribution in [3.8, 4) is 0 Å². The molecule has 0 unspecified atom stereocenters. The van der Waals surface area contributed by atoms with Crippen LogP contribution in [0.15, 0.2) is 22.7 Å². The summed E-state index contributed by atoms with van der Waals surface area (Å²) < 4.78 is 1.04. The van der Waals surface area contributed by atoms with Gasteiger partial charge in [0.1, 0.15) is 0 Å². The molecule has 2 aliphatic heterocycles. The highest BCUT2D eigenvalue weighted by Crippen LogP contribution is 2.48. The fraction of sp³-hybridized carbons (Fsp3) is 0.632. The molecule has 4 rings (SSSR count). The largest absolute Gasteiger partial charge is 0.394 e. The van der Waals surface area contributed by atoms with E-state index >= 15 is 0 Å². The van der Waals surface area contributed by atoms with Crippen LogP contribution in [-0.2, 0) is 4.79 Å². The number of hydrogen-bond donors (Lipinski definition) is 2. The highest BCUT2D eigenvalue weighted by molar-refractivity contribution is 9.10. The van der Waals surface area contributed by atoms with Crippen LogP contribution >= 0.6 is 15.9 Å². The number of aliphatic hydroxyl groups excluding tert-OH is 1. The van der Waals surface area contributed by atoms with Crippen molar-refractivity contribution < 1.29 is 9.90 Å². The summed E-state index contributed by atoms with van der Waals surface area (Å²) in [6.45, 7) is 0.928. The lowest BCUT2D eigenvalue weighted by Gasteiger charge is -2.40. The van der Waals surface area contributed by atoms with E-state index in [4.69, 9.17) is 0 Å². The maximum absolute atomic E-state index is 13.2. The third kappa shape index (κ3) is 2.76. The van der Waals surface area contributed by atoms with E-state index in [1.165, 1.54) is 24.8 Å². The Kier molecular flexibility index (Phi) is 4.56. The first-order valence-corrected chi connectivity index (χ1v) is 9.95. The van der Waals surface area contributed by atoms with Crippen LogP contribution in [0.1, 0.15) is 50.1 Å². The molecule has 3 atom stereocenters. The van der Waals surface area contributed by atoms with Gasteiger partial charge in [-0.25, -0.2) is 0 Å². The smallest absolute Gasteiger partial charge is 0.226 e. The molecule has 2 fully saturated rings. The number of rotatable bonds is 2. The lowest BCUT2D eigenvalue weighted by atomic mass is 9.82. The van der Waals surface area contributed by atoms with Crippen molar-refractivity contribution in [3.05, 3.63) is 28.2 Å². The zero-order valence-corrected chi connectivity index (χ0v) is 15.5. The molecule has 4 nitrogen and oxygen atoms in total. The number of carbonyl (C=O) groups is 1. The zero-order chi connectivity index (χ0) is 16.7. The Morgan fingerprint density at radius 1 is 1.25 bits per heavy atom. The average molecular weight is 393 g/mol. The van der Waals surface area contributed by atoms with Gasteiger partial charge in [0.25, 0.3) is 0 Å². The number of likely N-dealkylation sites (tertiary alicyclic amines) is 1. The topological polar surface area (TPSA) is 52.6 Å². The Balaban J connectivity index is 1.67. The highest BCUT2D eigenvalue weighted by Gasteiger charge is 2.46. The SMILES string of the molecule is O=C(C1CCCCC1)N1CC[C@@H]2[C@@H](CO)Nc3ccc(Br)cc3[C@@H]21. The molecule has 2 heterocycles. The second kappa shape index (κ2) is 6.68. The third-order valence-corrected chi connectivity index (χ3v) is 6.56. The lowest BCUT2D eigenvalue weighted by molar-refractivity contribution is -0.138. The number of nitrogens with one attached hydrogen (secondary N) is 1. The predicted octanol–water partition coefficient (Wildman–Crippen LogP) is 3.71. The second-order valence-corrected chi connectivity index (χ2v) is 8.34. The first-order chi connectivity index (χ1) is 11.7. The van der Waals surface area contributed by atoms with Crippen molar-refractivity contribution in [1.29, 1.82) is 0 Å². The summed E-state index contributed by atoms with van der Waals surface area (Å²) in [5.74, 6) is 0.839. The van der Waals surface area contributed by atoms with Gasteiger partial charge >= 0.3 is 0 Å². The molecule has 130 valence electrons. The first-order valence-electron chi connectivity index (χ1n) is 9.16. The molecule has 0 radical (unpaired) electrons. The number of carbonyl (C=O) groups excluding carboxylic acids is 1. The van der Waals surface area contributed by atoms with Crippen LogP contribution in [0.3, 0.4) is 0 Å². The summed E-state index contributed by atoms with van der Waals surface area (Å²) >= 11 is 3.57. The molecule has 24 heavy (non-hydrogen) atoms. The van der Waals surface area contributed by atoms with Gasteiger partial charge in [-0.1, -0.05) is 35.2 Å². The quantitative estimate of drug-likeness (QED) is 0.806. The Hall–Kier alpha value is -1.07. The minimum Gasteiger partial charge on any atom is -0.394 e. The standard InChI is InChI=1S/C19H25BrN2O2/c20-13-6-7-16-15(10-13)18-14(17(11-23)21-16)8-9-22(18)19(24)12-4-2-1-3-5-12/h6-7,10,12,14,17-18,21,23H,1-5,8-9,11H2/t14-,17-,18-/m1/s1.